The fourth-order valence-electron chi connectivity index (χ4n) is 2.95. The predicted octanol–water partition coefficient (Wildman–Crippen LogP) is 1.62. The van der Waals surface area contributed by atoms with E-state index in [1.54, 1.807) is 22.9 Å². The van der Waals surface area contributed by atoms with Crippen molar-refractivity contribution in [2.45, 2.75) is 52.7 Å². The van der Waals surface area contributed by atoms with E-state index < -0.39 is 0 Å². The van der Waals surface area contributed by atoms with E-state index in [1.807, 2.05) is 19.2 Å². The topological polar surface area (TPSA) is 102 Å². The summed E-state index contributed by atoms with van der Waals surface area (Å²) in [6.45, 7) is 8.54. The Morgan fingerprint density at radius 1 is 1.35 bits per heavy atom. The van der Waals surface area contributed by atoms with Gasteiger partial charge in [-0.15, -0.1) is 11.3 Å². The summed E-state index contributed by atoms with van der Waals surface area (Å²) in [5.41, 5.74) is 7.07. The zero-order chi connectivity index (χ0) is 18.7. The number of hydrogen-bond acceptors (Lipinski definition) is 7. The maximum Gasteiger partial charge on any atom is 0.242 e. The molecule has 0 radical (unpaired) electrons. The minimum Gasteiger partial charge on any atom is -0.349 e. The largest absolute Gasteiger partial charge is 0.349 e. The van der Waals surface area contributed by atoms with E-state index in [9.17, 15) is 4.79 Å². The Balaban J connectivity index is 1.56. The second kappa shape index (κ2) is 8.13. The van der Waals surface area contributed by atoms with Gasteiger partial charge in [-0.1, -0.05) is 13.8 Å². The van der Waals surface area contributed by atoms with Crippen molar-refractivity contribution in [1.29, 1.82) is 0 Å². The van der Waals surface area contributed by atoms with Gasteiger partial charge in [0.25, 0.3) is 0 Å². The van der Waals surface area contributed by atoms with Crippen LogP contribution in [0.15, 0.2) is 5.38 Å². The fourth-order valence-corrected chi connectivity index (χ4v) is 3.82. The van der Waals surface area contributed by atoms with Gasteiger partial charge in [-0.25, -0.2) is 14.6 Å². The molecule has 142 valence electrons. The van der Waals surface area contributed by atoms with Crippen LogP contribution in [-0.4, -0.2) is 38.7 Å². The van der Waals surface area contributed by atoms with Crippen LogP contribution in [0.5, 0.6) is 0 Å². The number of rotatable bonds is 7. The molecular weight excluding hydrogens is 350 g/mol. The second-order valence-electron chi connectivity index (χ2n) is 7.04. The Hall–Kier alpha value is -2.00. The molecule has 2 aromatic rings. The number of amides is 1. The molecule has 1 aliphatic rings. The lowest BCUT2D eigenvalue weighted by atomic mass is 10.1. The highest BCUT2D eigenvalue weighted by Gasteiger charge is 2.20. The summed E-state index contributed by atoms with van der Waals surface area (Å²) >= 11 is 1.63. The molecule has 1 saturated heterocycles. The molecule has 0 unspecified atom stereocenters. The van der Waals surface area contributed by atoms with Crippen molar-refractivity contribution < 1.29 is 4.79 Å². The van der Waals surface area contributed by atoms with Gasteiger partial charge in [0.2, 0.25) is 5.91 Å². The minimum atomic E-state index is -0.245. The lowest BCUT2D eigenvalue weighted by molar-refractivity contribution is -0.122. The maximum atomic E-state index is 12.3. The zero-order valence-corrected chi connectivity index (χ0v) is 16.4. The smallest absolute Gasteiger partial charge is 0.242 e. The summed E-state index contributed by atoms with van der Waals surface area (Å²) in [5.74, 6) is 1.37. The molecule has 0 saturated carbocycles. The Morgan fingerprint density at radius 3 is 2.77 bits per heavy atom. The number of aromatic nitrogens is 4. The first-order valence-electron chi connectivity index (χ1n) is 9.07. The highest BCUT2D eigenvalue weighted by Crippen LogP contribution is 2.24. The number of hydrogen-bond donors (Lipinski definition) is 2. The van der Waals surface area contributed by atoms with Crippen molar-refractivity contribution in [3.63, 3.8) is 0 Å². The van der Waals surface area contributed by atoms with Crippen LogP contribution in [0.3, 0.4) is 0 Å². The minimum absolute atomic E-state index is 0.111. The van der Waals surface area contributed by atoms with Crippen molar-refractivity contribution in [3.05, 3.63) is 22.7 Å². The van der Waals surface area contributed by atoms with Crippen LogP contribution in [0.25, 0.3) is 0 Å². The zero-order valence-electron chi connectivity index (χ0n) is 15.6. The molecule has 1 fully saturated rings. The molecule has 0 bridgehead atoms. The third-order valence-corrected chi connectivity index (χ3v) is 5.45. The van der Waals surface area contributed by atoms with Crippen LogP contribution in [0.1, 0.15) is 50.1 Å². The van der Waals surface area contributed by atoms with Gasteiger partial charge in [0, 0.05) is 18.5 Å². The van der Waals surface area contributed by atoms with E-state index in [4.69, 9.17) is 5.73 Å². The van der Waals surface area contributed by atoms with E-state index in [0.717, 1.165) is 23.9 Å². The van der Waals surface area contributed by atoms with Gasteiger partial charge in [0.1, 0.15) is 18.2 Å². The van der Waals surface area contributed by atoms with E-state index in [0.29, 0.717) is 18.2 Å². The van der Waals surface area contributed by atoms with Crippen LogP contribution < -0.4 is 16.0 Å². The normalized spacial score (nSPS) is 15.7. The molecule has 9 heteroatoms. The van der Waals surface area contributed by atoms with Gasteiger partial charge in [-0.05, 0) is 25.7 Å². The maximum absolute atomic E-state index is 12.3. The number of thiazole rings is 1. The molecule has 3 rings (SSSR count). The van der Waals surface area contributed by atoms with E-state index in [1.165, 1.54) is 12.8 Å². The summed E-state index contributed by atoms with van der Waals surface area (Å²) in [6.07, 6.45) is 2.45. The average molecular weight is 378 g/mol. The summed E-state index contributed by atoms with van der Waals surface area (Å²) in [6, 6.07) is -0.245. The number of aryl methyl sites for hydroxylation is 1. The molecule has 8 nitrogen and oxygen atoms in total. The van der Waals surface area contributed by atoms with Crippen LogP contribution in [-0.2, 0) is 17.9 Å². The van der Waals surface area contributed by atoms with Gasteiger partial charge in [-0.2, -0.15) is 5.10 Å². The molecule has 3 heterocycles. The van der Waals surface area contributed by atoms with E-state index in [2.05, 4.69) is 25.3 Å². The monoisotopic (exact) mass is 377 g/mol. The van der Waals surface area contributed by atoms with Crippen LogP contribution >= 0.6 is 11.3 Å². The second-order valence-corrected chi connectivity index (χ2v) is 7.87. The number of anilines is 1. The van der Waals surface area contributed by atoms with Crippen molar-refractivity contribution in [2.75, 3.05) is 18.0 Å². The fraction of sp³-hybridized carbons (Fsp3) is 0.647. The number of nitrogens with two attached hydrogens (primary N) is 1. The van der Waals surface area contributed by atoms with Gasteiger partial charge in [-0.3, -0.25) is 4.79 Å². The Bertz CT molecular complexity index is 748. The predicted molar refractivity (Wildman–Crippen MR) is 102 cm³/mol. The number of carbonyl (C=O) groups excluding carboxylic acids is 1. The lowest BCUT2D eigenvalue weighted by Gasteiger charge is -2.15. The Kier molecular flexibility index (Phi) is 5.87. The first kappa shape index (κ1) is 18.8. The van der Waals surface area contributed by atoms with Crippen LogP contribution in [0, 0.1) is 12.8 Å². The molecule has 26 heavy (non-hydrogen) atoms. The molecule has 1 atom stereocenters. The Morgan fingerprint density at radius 2 is 2.08 bits per heavy atom. The van der Waals surface area contributed by atoms with Gasteiger partial charge in [0.05, 0.1) is 18.3 Å². The van der Waals surface area contributed by atoms with E-state index in [-0.39, 0.29) is 24.4 Å². The third-order valence-electron chi connectivity index (χ3n) is 4.50. The molecule has 1 aliphatic heterocycles. The number of nitrogens with one attached hydrogen (secondary N) is 1. The highest BCUT2D eigenvalue weighted by atomic mass is 32.1. The highest BCUT2D eigenvalue weighted by molar-refractivity contribution is 7.13. The average Bonchev–Trinajstić information content (AvgIpc) is 3.32. The van der Waals surface area contributed by atoms with Gasteiger partial charge in [0.15, 0.2) is 5.13 Å². The molecule has 3 N–H and O–H groups in total. The van der Waals surface area contributed by atoms with Gasteiger partial charge < -0.3 is 16.0 Å². The summed E-state index contributed by atoms with van der Waals surface area (Å²) in [4.78, 5) is 23.6. The summed E-state index contributed by atoms with van der Waals surface area (Å²) in [5, 5.41) is 10.3. The number of nitrogens with zero attached hydrogens (tertiary/aromatic N) is 5. The SMILES string of the molecule is Cc1nc([C@@H](N)C(C)C)n(CC(=O)NCc2csc(N3CCCC3)n2)n1. The molecule has 2 aromatic heterocycles. The van der Waals surface area contributed by atoms with Gasteiger partial charge >= 0.3 is 0 Å². The quantitative estimate of drug-likeness (QED) is 0.760. The van der Waals surface area contributed by atoms with Crippen LogP contribution in [0.4, 0.5) is 5.13 Å². The molecule has 0 aliphatic carbocycles. The van der Waals surface area contributed by atoms with E-state index >= 15 is 0 Å². The van der Waals surface area contributed by atoms with Crippen LogP contribution in [0.2, 0.25) is 0 Å². The third kappa shape index (κ3) is 4.39. The Labute approximate surface area is 157 Å². The van der Waals surface area contributed by atoms with Crippen molar-refractivity contribution in [3.8, 4) is 0 Å². The molecule has 1 amide bonds. The van der Waals surface area contributed by atoms with Crippen molar-refractivity contribution in [1.82, 2.24) is 25.1 Å². The lowest BCUT2D eigenvalue weighted by Crippen LogP contribution is -2.30. The molecule has 0 aromatic carbocycles. The van der Waals surface area contributed by atoms with Crippen molar-refractivity contribution >= 4 is 22.4 Å². The molecular formula is C17H27N7OS. The number of carbonyl (C=O) groups is 1. The first-order valence-corrected chi connectivity index (χ1v) is 9.95. The van der Waals surface area contributed by atoms with Crippen molar-refractivity contribution in [2.24, 2.45) is 11.7 Å². The standard InChI is InChI=1S/C17H27N7OS/c1-11(2)15(18)16-20-12(3)22-24(16)9-14(25)19-8-13-10-26-17(21-13)23-6-4-5-7-23/h10-11,15H,4-9,18H2,1-3H3,(H,19,25)/t15-/m0/s1. The summed E-state index contributed by atoms with van der Waals surface area (Å²) < 4.78 is 1.60. The summed E-state index contributed by atoms with van der Waals surface area (Å²) in [7, 11) is 0. The first-order chi connectivity index (χ1) is 12.4. The molecule has 0 spiro atoms.